The van der Waals surface area contributed by atoms with Crippen LogP contribution >= 0.6 is 0 Å². The van der Waals surface area contributed by atoms with E-state index in [1.54, 1.807) is 12.5 Å². The first-order chi connectivity index (χ1) is 10.2. The molecule has 1 atom stereocenters. The van der Waals surface area contributed by atoms with E-state index in [1.165, 1.54) is 0 Å². The molecule has 2 heterocycles. The molecule has 1 aromatic heterocycles. The average molecular weight is 285 g/mol. The maximum Gasteiger partial charge on any atom is 0.251 e. The van der Waals surface area contributed by atoms with Crippen molar-refractivity contribution in [2.75, 3.05) is 0 Å². The van der Waals surface area contributed by atoms with E-state index >= 15 is 0 Å². The van der Waals surface area contributed by atoms with Crippen LogP contribution in [-0.2, 0) is 19.5 Å². The number of aromatic nitrogens is 2. The predicted molar refractivity (Wildman–Crippen MR) is 79.3 cm³/mol. The summed E-state index contributed by atoms with van der Waals surface area (Å²) < 4.78 is 7.66. The molecule has 2 aromatic rings. The number of hydrogen-bond donors (Lipinski definition) is 1. The number of rotatable bonds is 4. The summed E-state index contributed by atoms with van der Waals surface area (Å²) in [5, 5.41) is 2.94. The Kier molecular flexibility index (Phi) is 3.64. The number of imidazole rings is 1. The number of nitrogens with one attached hydrogen (secondary N) is 1. The molecule has 0 aliphatic carbocycles. The molecule has 5 heteroatoms. The molecular formula is C16H19N3O2. The third kappa shape index (κ3) is 2.77. The molecular weight excluding hydrogens is 266 g/mol. The van der Waals surface area contributed by atoms with Crippen LogP contribution in [-0.4, -0.2) is 21.6 Å². The Morgan fingerprint density at radius 2 is 2.38 bits per heavy atom. The first-order valence-electron chi connectivity index (χ1n) is 7.24. The highest BCUT2D eigenvalue weighted by Crippen LogP contribution is 2.29. The molecule has 21 heavy (non-hydrogen) atoms. The summed E-state index contributed by atoms with van der Waals surface area (Å²) in [7, 11) is 0. The van der Waals surface area contributed by atoms with Crippen molar-refractivity contribution in [2.45, 2.75) is 39.5 Å². The van der Waals surface area contributed by atoms with Crippen molar-refractivity contribution < 1.29 is 9.53 Å². The number of carbonyl (C=O) groups excluding carboxylic acids is 1. The SMILES string of the molecule is CCn1cncc1CNC(=O)c1ccc2c(c1)CC(C)O2. The Labute approximate surface area is 124 Å². The van der Waals surface area contributed by atoms with Gasteiger partial charge in [0.1, 0.15) is 11.9 Å². The van der Waals surface area contributed by atoms with Gasteiger partial charge in [0.05, 0.1) is 18.6 Å². The monoisotopic (exact) mass is 285 g/mol. The highest BCUT2D eigenvalue weighted by molar-refractivity contribution is 5.94. The third-order valence-electron chi connectivity index (χ3n) is 3.73. The zero-order valence-corrected chi connectivity index (χ0v) is 12.3. The molecule has 0 saturated heterocycles. The summed E-state index contributed by atoms with van der Waals surface area (Å²) >= 11 is 0. The van der Waals surface area contributed by atoms with Gasteiger partial charge in [-0.2, -0.15) is 0 Å². The first kappa shape index (κ1) is 13.7. The van der Waals surface area contributed by atoms with E-state index in [-0.39, 0.29) is 12.0 Å². The Balaban J connectivity index is 1.68. The van der Waals surface area contributed by atoms with E-state index in [0.717, 1.165) is 30.0 Å². The summed E-state index contributed by atoms with van der Waals surface area (Å²) in [6, 6.07) is 5.61. The van der Waals surface area contributed by atoms with Gasteiger partial charge in [0.25, 0.3) is 5.91 Å². The zero-order valence-electron chi connectivity index (χ0n) is 12.3. The van der Waals surface area contributed by atoms with Crippen LogP contribution in [0.3, 0.4) is 0 Å². The molecule has 1 aromatic carbocycles. The van der Waals surface area contributed by atoms with E-state index in [9.17, 15) is 4.79 Å². The van der Waals surface area contributed by atoms with Gasteiger partial charge in [-0.1, -0.05) is 0 Å². The van der Waals surface area contributed by atoms with Crippen LogP contribution in [0.1, 0.15) is 35.5 Å². The Morgan fingerprint density at radius 1 is 1.52 bits per heavy atom. The maximum atomic E-state index is 12.2. The Morgan fingerprint density at radius 3 is 3.19 bits per heavy atom. The van der Waals surface area contributed by atoms with Gasteiger partial charge < -0.3 is 14.6 Å². The standard InChI is InChI=1S/C16H19N3O2/c1-3-19-10-17-8-14(19)9-18-16(20)12-4-5-15-13(7-12)6-11(2)21-15/h4-5,7-8,10-11H,3,6,9H2,1-2H3,(H,18,20). The molecule has 0 spiro atoms. The minimum atomic E-state index is -0.0683. The molecule has 110 valence electrons. The summed E-state index contributed by atoms with van der Waals surface area (Å²) in [6.07, 6.45) is 4.61. The van der Waals surface area contributed by atoms with E-state index in [1.807, 2.05) is 29.7 Å². The molecule has 1 aliphatic heterocycles. The molecule has 3 rings (SSSR count). The highest BCUT2D eigenvalue weighted by Gasteiger charge is 2.20. The molecule has 0 fully saturated rings. The number of nitrogens with zero attached hydrogens (tertiary/aromatic N) is 2. The number of amides is 1. The van der Waals surface area contributed by atoms with Crippen LogP contribution in [0.25, 0.3) is 0 Å². The van der Waals surface area contributed by atoms with Crippen molar-refractivity contribution in [3.63, 3.8) is 0 Å². The lowest BCUT2D eigenvalue weighted by atomic mass is 10.1. The first-order valence-corrected chi connectivity index (χ1v) is 7.24. The van der Waals surface area contributed by atoms with Gasteiger partial charge in [-0.15, -0.1) is 0 Å². The fourth-order valence-corrected chi connectivity index (χ4v) is 2.62. The molecule has 1 aliphatic rings. The van der Waals surface area contributed by atoms with Crippen molar-refractivity contribution in [1.29, 1.82) is 0 Å². The van der Waals surface area contributed by atoms with Crippen LogP contribution in [0, 0.1) is 0 Å². The second-order valence-electron chi connectivity index (χ2n) is 5.31. The maximum absolute atomic E-state index is 12.2. The molecule has 0 saturated carbocycles. The van der Waals surface area contributed by atoms with Crippen molar-refractivity contribution in [1.82, 2.24) is 14.9 Å². The van der Waals surface area contributed by atoms with E-state index in [2.05, 4.69) is 17.2 Å². The van der Waals surface area contributed by atoms with E-state index < -0.39 is 0 Å². The molecule has 1 amide bonds. The van der Waals surface area contributed by atoms with Crippen molar-refractivity contribution >= 4 is 5.91 Å². The second kappa shape index (κ2) is 5.60. The number of benzene rings is 1. The number of aryl methyl sites for hydroxylation is 1. The summed E-state index contributed by atoms with van der Waals surface area (Å²) in [4.78, 5) is 16.3. The molecule has 5 nitrogen and oxygen atoms in total. The van der Waals surface area contributed by atoms with Gasteiger partial charge in [0, 0.05) is 24.7 Å². The van der Waals surface area contributed by atoms with Gasteiger partial charge >= 0.3 is 0 Å². The number of carbonyl (C=O) groups is 1. The van der Waals surface area contributed by atoms with Gasteiger partial charge in [-0.3, -0.25) is 4.79 Å². The Hall–Kier alpha value is -2.30. The summed E-state index contributed by atoms with van der Waals surface area (Å²) in [5.41, 5.74) is 2.78. The van der Waals surface area contributed by atoms with Crippen molar-refractivity contribution in [3.05, 3.63) is 47.5 Å². The number of ether oxygens (including phenoxy) is 1. The van der Waals surface area contributed by atoms with Gasteiger partial charge in [-0.05, 0) is 37.6 Å². The van der Waals surface area contributed by atoms with Crippen molar-refractivity contribution in [2.24, 2.45) is 0 Å². The zero-order chi connectivity index (χ0) is 14.8. The molecule has 1 unspecified atom stereocenters. The summed E-state index contributed by atoms with van der Waals surface area (Å²) in [5.74, 6) is 0.823. The van der Waals surface area contributed by atoms with Crippen LogP contribution < -0.4 is 10.1 Å². The number of hydrogen-bond acceptors (Lipinski definition) is 3. The molecule has 0 radical (unpaired) electrons. The van der Waals surface area contributed by atoms with E-state index in [0.29, 0.717) is 12.1 Å². The fraction of sp³-hybridized carbons (Fsp3) is 0.375. The highest BCUT2D eigenvalue weighted by atomic mass is 16.5. The smallest absolute Gasteiger partial charge is 0.251 e. The lowest BCUT2D eigenvalue weighted by Gasteiger charge is -2.08. The average Bonchev–Trinajstić information content (AvgIpc) is 3.08. The molecule has 1 N–H and O–H groups in total. The molecule has 0 bridgehead atoms. The minimum absolute atomic E-state index is 0.0683. The minimum Gasteiger partial charge on any atom is -0.490 e. The van der Waals surface area contributed by atoms with Gasteiger partial charge in [0.2, 0.25) is 0 Å². The van der Waals surface area contributed by atoms with Gasteiger partial charge in [-0.25, -0.2) is 4.98 Å². The lowest BCUT2D eigenvalue weighted by molar-refractivity contribution is 0.0950. The van der Waals surface area contributed by atoms with E-state index in [4.69, 9.17) is 4.74 Å². The van der Waals surface area contributed by atoms with Crippen LogP contribution in [0.15, 0.2) is 30.7 Å². The summed E-state index contributed by atoms with van der Waals surface area (Å²) in [6.45, 7) is 5.41. The van der Waals surface area contributed by atoms with Crippen LogP contribution in [0.2, 0.25) is 0 Å². The largest absolute Gasteiger partial charge is 0.490 e. The van der Waals surface area contributed by atoms with Crippen molar-refractivity contribution in [3.8, 4) is 5.75 Å². The van der Waals surface area contributed by atoms with Gasteiger partial charge in [0.15, 0.2) is 0 Å². The van der Waals surface area contributed by atoms with Crippen LogP contribution in [0.4, 0.5) is 0 Å². The quantitative estimate of drug-likeness (QED) is 0.936. The normalized spacial score (nSPS) is 16.4. The number of fused-ring (bicyclic) bond motifs is 1. The lowest BCUT2D eigenvalue weighted by Crippen LogP contribution is -2.24. The Bertz CT molecular complexity index is 663. The topological polar surface area (TPSA) is 56.2 Å². The predicted octanol–water partition coefficient (Wildman–Crippen LogP) is 2.16. The third-order valence-corrected chi connectivity index (χ3v) is 3.73. The fourth-order valence-electron chi connectivity index (χ4n) is 2.62. The van der Waals surface area contributed by atoms with Crippen LogP contribution in [0.5, 0.6) is 5.75 Å². The second-order valence-corrected chi connectivity index (χ2v) is 5.31.